The van der Waals surface area contributed by atoms with Gasteiger partial charge in [0.15, 0.2) is 21.2 Å². The molecule has 3 aromatic carbocycles. The molecule has 4 aliphatic rings. The number of methoxy groups -OCH3 is 1. The second kappa shape index (κ2) is 12.5. The Hall–Kier alpha value is -4.26. The molecule has 7 rings (SSSR count). The third-order valence-corrected chi connectivity index (χ3v) is 12.2. The Morgan fingerprint density at radius 2 is 1.56 bits per heavy atom. The van der Waals surface area contributed by atoms with Gasteiger partial charge in [-0.25, -0.2) is 0 Å². The highest BCUT2D eigenvalue weighted by molar-refractivity contribution is 9.09. The summed E-state index contributed by atoms with van der Waals surface area (Å²) in [6, 6.07) is 19.0. The Morgan fingerprint density at radius 3 is 2.16 bits per heavy atom. The molecule has 2 aliphatic heterocycles. The summed E-state index contributed by atoms with van der Waals surface area (Å²) in [6.45, 7) is 0. The molecular formula is C36H32BrCl2N5O6. The summed E-state index contributed by atoms with van der Waals surface area (Å²) in [5.74, 6) is -5.87. The number of phenolic OH excluding ortho intramolecular Hbond substituents is 1. The molecular weight excluding hydrogens is 749 g/mol. The van der Waals surface area contributed by atoms with Gasteiger partial charge in [0.1, 0.15) is 0 Å². The van der Waals surface area contributed by atoms with Gasteiger partial charge in [-0.1, -0.05) is 39.7 Å². The molecule has 0 radical (unpaired) electrons. The van der Waals surface area contributed by atoms with Gasteiger partial charge >= 0.3 is 0 Å². The summed E-state index contributed by atoms with van der Waals surface area (Å²) < 4.78 is 5.36. The molecule has 6 atom stereocenters. The number of para-hydroxylation sites is 1. The van der Waals surface area contributed by atoms with Crippen LogP contribution in [0.15, 0.2) is 88.6 Å². The van der Waals surface area contributed by atoms with Crippen molar-refractivity contribution < 1.29 is 29.0 Å². The van der Waals surface area contributed by atoms with Crippen LogP contribution in [-0.4, -0.2) is 70.0 Å². The maximum atomic E-state index is 14.3. The number of amides is 4. The molecule has 0 spiro atoms. The number of nitrogens with zero attached hydrogens (tertiary/aromatic N) is 5. The van der Waals surface area contributed by atoms with E-state index >= 15 is 0 Å². The average molecular weight is 781 g/mol. The first-order chi connectivity index (χ1) is 23.9. The van der Waals surface area contributed by atoms with Crippen LogP contribution in [0, 0.1) is 17.8 Å². The Bertz CT molecular complexity index is 1990. The normalized spacial score (nSPS) is 28.9. The predicted molar refractivity (Wildman–Crippen MR) is 192 cm³/mol. The maximum absolute atomic E-state index is 14.3. The number of carbonyl (C=O) groups is 4. The largest absolute Gasteiger partial charge is 0.504 e. The number of hydrogen-bond acceptors (Lipinski definition) is 9. The third-order valence-electron chi connectivity index (χ3n) is 10.3. The van der Waals surface area contributed by atoms with Crippen LogP contribution in [0.3, 0.4) is 0 Å². The molecule has 11 nitrogen and oxygen atoms in total. The number of azo groups is 1. The SMILES string of the molecule is COc1cccc(C2C3=CCC4C(=O)N(c5ccc(N=Nc6ccc(N(C)C)cc6)cc5)C(=O)C4C3CC3(Cl)C(=O)N(CBr)C(=O)C23Cl)c1O. The van der Waals surface area contributed by atoms with Crippen molar-refractivity contribution in [2.24, 2.45) is 28.0 Å². The second-order valence-electron chi connectivity index (χ2n) is 13.0. The summed E-state index contributed by atoms with van der Waals surface area (Å²) in [6.07, 6.45) is 1.83. The minimum Gasteiger partial charge on any atom is -0.504 e. The number of alkyl halides is 3. The molecule has 2 saturated heterocycles. The predicted octanol–water partition coefficient (Wildman–Crippen LogP) is 6.80. The summed E-state index contributed by atoms with van der Waals surface area (Å²) in [4.78, 5) is 56.2. The molecule has 3 fully saturated rings. The van der Waals surface area contributed by atoms with Gasteiger partial charge < -0.3 is 14.7 Å². The van der Waals surface area contributed by atoms with Gasteiger partial charge in [0.2, 0.25) is 11.8 Å². The highest BCUT2D eigenvalue weighted by Crippen LogP contribution is 2.66. The monoisotopic (exact) mass is 779 g/mol. The number of imide groups is 2. The minimum atomic E-state index is -2.04. The van der Waals surface area contributed by atoms with Crippen LogP contribution < -0.4 is 14.5 Å². The van der Waals surface area contributed by atoms with E-state index in [0.29, 0.717) is 22.6 Å². The Kier molecular flexibility index (Phi) is 8.55. The first kappa shape index (κ1) is 34.2. The average Bonchev–Trinajstić information content (AvgIpc) is 3.45. The van der Waals surface area contributed by atoms with Crippen molar-refractivity contribution >= 4 is 85.5 Å². The first-order valence-electron chi connectivity index (χ1n) is 15.9. The number of ether oxygens (including phenoxy) is 1. The number of anilines is 2. The number of benzene rings is 3. The number of phenols is 1. The number of hydrogen-bond donors (Lipinski definition) is 1. The van der Waals surface area contributed by atoms with Crippen LogP contribution >= 0.6 is 39.1 Å². The molecule has 50 heavy (non-hydrogen) atoms. The number of allylic oxidation sites excluding steroid dienone is 2. The number of halogens is 3. The van der Waals surface area contributed by atoms with Crippen LogP contribution in [0.4, 0.5) is 22.7 Å². The van der Waals surface area contributed by atoms with Crippen molar-refractivity contribution in [2.75, 3.05) is 36.5 Å². The molecule has 1 saturated carbocycles. The molecule has 3 aromatic rings. The van der Waals surface area contributed by atoms with E-state index in [1.165, 1.54) is 12.0 Å². The maximum Gasteiger partial charge on any atom is 0.254 e. The van der Waals surface area contributed by atoms with Crippen LogP contribution in [0.25, 0.3) is 0 Å². The smallest absolute Gasteiger partial charge is 0.254 e. The molecule has 0 bridgehead atoms. The van der Waals surface area contributed by atoms with E-state index in [-0.39, 0.29) is 41.3 Å². The van der Waals surface area contributed by atoms with Crippen molar-refractivity contribution in [1.29, 1.82) is 0 Å². The van der Waals surface area contributed by atoms with Crippen LogP contribution in [0.2, 0.25) is 0 Å². The van der Waals surface area contributed by atoms with Gasteiger partial charge in [-0.2, -0.15) is 10.2 Å². The van der Waals surface area contributed by atoms with E-state index in [9.17, 15) is 24.3 Å². The van der Waals surface area contributed by atoms with Gasteiger partial charge in [-0.05, 0) is 73.4 Å². The van der Waals surface area contributed by atoms with Gasteiger partial charge in [0, 0.05) is 31.3 Å². The van der Waals surface area contributed by atoms with Gasteiger partial charge in [0.25, 0.3) is 11.8 Å². The zero-order chi connectivity index (χ0) is 35.7. The van der Waals surface area contributed by atoms with Crippen LogP contribution in [0.1, 0.15) is 24.3 Å². The van der Waals surface area contributed by atoms with E-state index in [1.807, 2.05) is 49.3 Å². The minimum absolute atomic E-state index is 0.136. The standard InChI is InChI=1S/C36H32BrCl2N5O6/c1-42(2)21-11-7-19(8-12-21)40-41-20-9-13-22(14-10-20)44-31(46)24-16-15-23-26(28(24)32(44)47)17-35(38)33(48)43(18-37)34(49)36(35,39)29(23)25-5-4-6-27(50-3)30(25)45/h4-15,24,26,28-29,45H,16-18H2,1-3H3. The molecule has 258 valence electrons. The van der Waals surface area contributed by atoms with Crippen LogP contribution in [-0.2, 0) is 19.2 Å². The Balaban J connectivity index is 1.23. The van der Waals surface area contributed by atoms with Crippen molar-refractivity contribution in [3.63, 3.8) is 0 Å². The van der Waals surface area contributed by atoms with E-state index < -0.39 is 51.1 Å². The first-order valence-corrected chi connectivity index (χ1v) is 17.8. The molecule has 2 aliphatic carbocycles. The van der Waals surface area contributed by atoms with Gasteiger partial charge in [0.05, 0.1) is 41.5 Å². The second-order valence-corrected chi connectivity index (χ2v) is 14.8. The number of likely N-dealkylation sites (tertiary alicyclic amines) is 1. The molecule has 4 amide bonds. The molecule has 1 N–H and O–H groups in total. The summed E-state index contributed by atoms with van der Waals surface area (Å²) >= 11 is 17.8. The molecule has 0 aromatic heterocycles. The zero-order valence-corrected chi connectivity index (χ0v) is 30.3. The fourth-order valence-electron chi connectivity index (χ4n) is 7.89. The van der Waals surface area contributed by atoms with E-state index in [0.717, 1.165) is 10.6 Å². The lowest BCUT2D eigenvalue weighted by molar-refractivity contribution is -0.138. The molecule has 6 unspecified atom stereocenters. The quantitative estimate of drug-likeness (QED) is 0.0918. The van der Waals surface area contributed by atoms with Crippen molar-refractivity contribution in [2.45, 2.75) is 28.5 Å². The topological polar surface area (TPSA) is 132 Å². The lowest BCUT2D eigenvalue weighted by Gasteiger charge is -2.50. The van der Waals surface area contributed by atoms with Gasteiger partial charge in [-0.15, -0.1) is 23.2 Å². The lowest BCUT2D eigenvalue weighted by atomic mass is 9.56. The summed E-state index contributed by atoms with van der Waals surface area (Å²) in [7, 11) is 5.30. The van der Waals surface area contributed by atoms with Crippen LogP contribution in [0.5, 0.6) is 11.5 Å². The number of aromatic hydroxyl groups is 1. The van der Waals surface area contributed by atoms with Crippen molar-refractivity contribution in [3.05, 3.63) is 83.9 Å². The Labute approximate surface area is 306 Å². The molecule has 14 heteroatoms. The fourth-order valence-corrected chi connectivity index (χ4v) is 9.31. The molecule has 2 heterocycles. The zero-order valence-electron chi connectivity index (χ0n) is 27.2. The van der Waals surface area contributed by atoms with Crippen molar-refractivity contribution in [1.82, 2.24) is 4.90 Å². The third kappa shape index (κ3) is 4.90. The number of carbonyl (C=O) groups excluding carboxylic acids is 4. The Morgan fingerprint density at radius 1 is 0.920 bits per heavy atom. The lowest BCUT2D eigenvalue weighted by Crippen LogP contribution is -2.60. The highest BCUT2D eigenvalue weighted by atomic mass is 79.9. The fraction of sp³-hybridized carbons (Fsp3) is 0.333. The highest BCUT2D eigenvalue weighted by Gasteiger charge is 2.76. The van der Waals surface area contributed by atoms with Gasteiger partial charge in [-0.3, -0.25) is 29.0 Å². The van der Waals surface area contributed by atoms with E-state index in [4.69, 9.17) is 27.9 Å². The van der Waals surface area contributed by atoms with E-state index in [2.05, 4.69) is 26.2 Å². The van der Waals surface area contributed by atoms with E-state index in [1.54, 1.807) is 42.5 Å². The number of fused-ring (bicyclic) bond motifs is 4. The van der Waals surface area contributed by atoms with Crippen molar-refractivity contribution in [3.8, 4) is 11.5 Å². The summed E-state index contributed by atoms with van der Waals surface area (Å²) in [5, 5.41) is 19.9. The summed E-state index contributed by atoms with van der Waals surface area (Å²) in [5.41, 5.74) is 3.24. The number of rotatable bonds is 7.